The van der Waals surface area contributed by atoms with E-state index in [9.17, 15) is 9.59 Å². The molecule has 6 rings (SSSR count). The molecule has 0 bridgehead atoms. The van der Waals surface area contributed by atoms with Gasteiger partial charge in [-0.25, -0.2) is 9.20 Å². The van der Waals surface area contributed by atoms with Crippen molar-refractivity contribution < 1.29 is 4.74 Å². The fraction of sp³-hybridized carbons (Fsp3) is 0.143. The number of imidazole rings is 1. The molecule has 184 valence electrons. The van der Waals surface area contributed by atoms with E-state index in [-0.39, 0.29) is 0 Å². The average Bonchev–Trinajstić information content (AvgIpc) is 3.46. The molecule has 0 aliphatic rings. The molecule has 3 heterocycles. The Morgan fingerprint density at radius 3 is 2.41 bits per heavy atom. The molecule has 0 aliphatic carbocycles. The van der Waals surface area contributed by atoms with Gasteiger partial charge in [0.25, 0.3) is 5.56 Å². The van der Waals surface area contributed by atoms with Gasteiger partial charge in [-0.3, -0.25) is 18.9 Å². The quantitative estimate of drug-likeness (QED) is 0.383. The third-order valence-electron chi connectivity index (χ3n) is 6.42. The first-order valence-corrected chi connectivity index (χ1v) is 11.9. The topological polar surface area (TPSA) is 99.2 Å². The Morgan fingerprint density at radius 2 is 1.65 bits per heavy atom. The number of rotatable bonds is 6. The van der Waals surface area contributed by atoms with Crippen molar-refractivity contribution in [3.63, 3.8) is 0 Å². The van der Waals surface area contributed by atoms with E-state index in [2.05, 4.69) is 21.2 Å². The highest BCUT2D eigenvalue weighted by Gasteiger charge is 2.23. The third kappa shape index (κ3) is 4.00. The number of aromatic amines is 1. The van der Waals surface area contributed by atoms with Crippen LogP contribution < -0.4 is 16.0 Å². The summed E-state index contributed by atoms with van der Waals surface area (Å²) in [5.74, 6) is 1.72. The van der Waals surface area contributed by atoms with Crippen LogP contribution in [0.25, 0.3) is 28.3 Å². The van der Waals surface area contributed by atoms with Crippen LogP contribution in [0.3, 0.4) is 0 Å². The number of nitrogens with zero attached hydrogens (tertiary/aromatic N) is 5. The largest absolute Gasteiger partial charge is 0.489 e. The van der Waals surface area contributed by atoms with Gasteiger partial charge in [-0.15, -0.1) is 10.2 Å². The molecule has 0 unspecified atom stereocenters. The standard InChI is InChI=1S/C28H24N6O3/c1-18-7-6-10-20(15-18)16-33-23-25(35)29-28(36)32(2)26(23)34-24(30-31-27(33)34)21-11-13-22(14-12-21)37-17-19-8-4-3-5-9-19/h3-15H,16-17H2,1-2H3,(H,29,35,36). The first kappa shape index (κ1) is 22.5. The minimum absolute atomic E-state index is 0.359. The third-order valence-corrected chi connectivity index (χ3v) is 6.42. The number of hydrogen-bond donors (Lipinski definition) is 1. The summed E-state index contributed by atoms with van der Waals surface area (Å²) in [7, 11) is 1.63. The molecule has 1 N–H and O–H groups in total. The molecular formula is C28H24N6O3. The smallest absolute Gasteiger partial charge is 0.329 e. The van der Waals surface area contributed by atoms with E-state index in [0.29, 0.717) is 35.9 Å². The van der Waals surface area contributed by atoms with Crippen molar-refractivity contribution in [2.75, 3.05) is 0 Å². The van der Waals surface area contributed by atoms with Crippen LogP contribution in [-0.2, 0) is 20.2 Å². The van der Waals surface area contributed by atoms with Crippen molar-refractivity contribution in [1.82, 2.24) is 28.7 Å². The first-order valence-electron chi connectivity index (χ1n) is 11.9. The maximum absolute atomic E-state index is 13.0. The van der Waals surface area contributed by atoms with Crippen LogP contribution in [0.15, 0.2) is 88.5 Å². The predicted octanol–water partition coefficient (Wildman–Crippen LogP) is 3.67. The summed E-state index contributed by atoms with van der Waals surface area (Å²) in [5.41, 5.74) is 3.81. The second-order valence-electron chi connectivity index (χ2n) is 9.02. The SMILES string of the molecule is Cc1cccc(Cn2c3c(=O)[nH]c(=O)n(C)c3n3c(-c4ccc(OCc5ccccc5)cc4)nnc23)c1. The van der Waals surface area contributed by atoms with Gasteiger partial charge in [0.1, 0.15) is 12.4 Å². The first-order chi connectivity index (χ1) is 18.0. The van der Waals surface area contributed by atoms with E-state index < -0.39 is 11.2 Å². The molecule has 0 amide bonds. The number of aryl methyl sites for hydroxylation is 2. The lowest BCUT2D eigenvalue weighted by Crippen LogP contribution is -2.29. The maximum atomic E-state index is 13.0. The fourth-order valence-electron chi connectivity index (χ4n) is 4.61. The number of H-pyrrole nitrogens is 1. The Balaban J connectivity index is 1.45. The van der Waals surface area contributed by atoms with Gasteiger partial charge in [-0.05, 0) is 42.3 Å². The van der Waals surface area contributed by atoms with Crippen LogP contribution in [0.1, 0.15) is 16.7 Å². The molecule has 6 aromatic rings. The highest BCUT2D eigenvalue weighted by molar-refractivity contribution is 5.80. The van der Waals surface area contributed by atoms with Gasteiger partial charge in [0.05, 0.1) is 6.54 Å². The normalized spacial score (nSPS) is 11.4. The van der Waals surface area contributed by atoms with Gasteiger partial charge in [0.2, 0.25) is 5.78 Å². The molecule has 3 aromatic heterocycles. The molecule has 0 saturated heterocycles. The Hall–Kier alpha value is -4.92. The van der Waals surface area contributed by atoms with Gasteiger partial charge in [0, 0.05) is 12.6 Å². The van der Waals surface area contributed by atoms with Crippen molar-refractivity contribution in [2.24, 2.45) is 7.05 Å². The van der Waals surface area contributed by atoms with Crippen LogP contribution in [-0.4, -0.2) is 28.7 Å². The maximum Gasteiger partial charge on any atom is 0.329 e. The molecule has 0 aliphatic heterocycles. The molecular weight excluding hydrogens is 468 g/mol. The van der Waals surface area contributed by atoms with E-state index in [1.54, 1.807) is 16.0 Å². The van der Waals surface area contributed by atoms with Crippen LogP contribution in [0.5, 0.6) is 5.75 Å². The summed E-state index contributed by atoms with van der Waals surface area (Å²) in [4.78, 5) is 28.0. The van der Waals surface area contributed by atoms with Crippen LogP contribution in [0.2, 0.25) is 0 Å². The zero-order valence-electron chi connectivity index (χ0n) is 20.4. The molecule has 9 nitrogen and oxygen atoms in total. The van der Waals surface area contributed by atoms with Crippen molar-refractivity contribution in [3.05, 3.63) is 116 Å². The second-order valence-corrected chi connectivity index (χ2v) is 9.02. The molecule has 9 heteroatoms. The van der Waals surface area contributed by atoms with Gasteiger partial charge >= 0.3 is 5.69 Å². The summed E-state index contributed by atoms with van der Waals surface area (Å²) >= 11 is 0. The van der Waals surface area contributed by atoms with E-state index in [0.717, 1.165) is 28.0 Å². The fourth-order valence-corrected chi connectivity index (χ4v) is 4.61. The lowest BCUT2D eigenvalue weighted by atomic mass is 10.1. The van der Waals surface area contributed by atoms with Crippen molar-refractivity contribution in [1.29, 1.82) is 0 Å². The average molecular weight is 493 g/mol. The molecule has 0 fully saturated rings. The number of benzene rings is 3. The van der Waals surface area contributed by atoms with Crippen LogP contribution in [0.4, 0.5) is 0 Å². The predicted molar refractivity (Wildman–Crippen MR) is 141 cm³/mol. The summed E-state index contributed by atoms with van der Waals surface area (Å²) < 4.78 is 10.9. The lowest BCUT2D eigenvalue weighted by molar-refractivity contribution is 0.306. The number of nitrogens with one attached hydrogen (secondary N) is 1. The van der Waals surface area contributed by atoms with Crippen molar-refractivity contribution in [3.8, 4) is 17.1 Å². The number of aromatic nitrogens is 6. The van der Waals surface area contributed by atoms with Crippen molar-refractivity contribution in [2.45, 2.75) is 20.1 Å². The van der Waals surface area contributed by atoms with Crippen LogP contribution in [0, 0.1) is 6.92 Å². The second kappa shape index (κ2) is 8.94. The van der Waals surface area contributed by atoms with Gasteiger partial charge in [-0.1, -0.05) is 60.2 Å². The van der Waals surface area contributed by atoms with E-state index >= 15 is 0 Å². The molecule has 0 saturated carbocycles. The highest BCUT2D eigenvalue weighted by Crippen LogP contribution is 2.26. The van der Waals surface area contributed by atoms with Gasteiger partial charge < -0.3 is 4.74 Å². The zero-order chi connectivity index (χ0) is 25.5. The molecule has 0 atom stereocenters. The Bertz CT molecular complexity index is 1860. The monoisotopic (exact) mass is 492 g/mol. The van der Waals surface area contributed by atoms with E-state index in [1.807, 2.05) is 79.7 Å². The number of ether oxygens (including phenoxy) is 1. The van der Waals surface area contributed by atoms with Gasteiger partial charge in [-0.2, -0.15) is 0 Å². The van der Waals surface area contributed by atoms with Gasteiger partial charge in [0.15, 0.2) is 17.0 Å². The molecule has 0 spiro atoms. The zero-order valence-corrected chi connectivity index (χ0v) is 20.4. The number of hydrogen-bond acceptors (Lipinski definition) is 5. The minimum atomic E-state index is -0.503. The lowest BCUT2D eigenvalue weighted by Gasteiger charge is -2.07. The summed E-state index contributed by atoms with van der Waals surface area (Å²) in [6.45, 7) is 2.89. The Labute approximate surface area is 211 Å². The summed E-state index contributed by atoms with van der Waals surface area (Å²) in [5, 5.41) is 8.88. The van der Waals surface area contributed by atoms with E-state index in [1.165, 1.54) is 4.57 Å². The highest BCUT2D eigenvalue weighted by atomic mass is 16.5. The molecule has 0 radical (unpaired) electrons. The van der Waals surface area contributed by atoms with E-state index in [4.69, 9.17) is 4.74 Å². The summed E-state index contributed by atoms with van der Waals surface area (Å²) in [6, 6.07) is 25.5. The molecule has 37 heavy (non-hydrogen) atoms. The Morgan fingerprint density at radius 1 is 0.892 bits per heavy atom. The van der Waals surface area contributed by atoms with Crippen molar-refractivity contribution >= 4 is 16.9 Å². The molecule has 3 aromatic carbocycles. The Kier molecular flexibility index (Phi) is 5.45. The minimum Gasteiger partial charge on any atom is -0.489 e. The summed E-state index contributed by atoms with van der Waals surface area (Å²) in [6.07, 6.45) is 0. The van der Waals surface area contributed by atoms with Crippen LogP contribution >= 0.6 is 0 Å². The number of fused-ring (bicyclic) bond motifs is 3.